The first-order valence-electron chi connectivity index (χ1n) is 6.96. The van der Waals surface area contributed by atoms with Gasteiger partial charge in [0, 0.05) is 19.1 Å². The van der Waals surface area contributed by atoms with Crippen LogP contribution in [0, 0.1) is 17.8 Å². The highest BCUT2D eigenvalue weighted by Gasteiger charge is 2.33. The van der Waals surface area contributed by atoms with Crippen molar-refractivity contribution in [3.63, 3.8) is 0 Å². The smallest absolute Gasteiger partial charge is 0.310 e. The van der Waals surface area contributed by atoms with Crippen molar-refractivity contribution >= 4 is 16.2 Å². The zero-order chi connectivity index (χ0) is 14.9. The van der Waals surface area contributed by atoms with Crippen LogP contribution in [0.2, 0.25) is 0 Å². The summed E-state index contributed by atoms with van der Waals surface area (Å²) in [5, 5.41) is 8.91. The van der Waals surface area contributed by atoms with Crippen LogP contribution in [0.25, 0.3) is 0 Å². The minimum atomic E-state index is -3.54. The summed E-state index contributed by atoms with van der Waals surface area (Å²) in [6, 6.07) is -0.423. The molecule has 1 fully saturated rings. The van der Waals surface area contributed by atoms with E-state index in [1.807, 2.05) is 13.8 Å². The highest BCUT2D eigenvalue weighted by atomic mass is 32.2. The van der Waals surface area contributed by atoms with Crippen LogP contribution in [0.4, 0.5) is 0 Å². The number of carbonyl (C=O) groups is 1. The van der Waals surface area contributed by atoms with Crippen molar-refractivity contribution in [3.05, 3.63) is 12.2 Å². The van der Waals surface area contributed by atoms with Gasteiger partial charge in [-0.1, -0.05) is 26.0 Å². The molecule has 2 N–H and O–H groups in total. The van der Waals surface area contributed by atoms with E-state index in [2.05, 4.69) is 4.72 Å². The number of piperidine rings is 1. The number of hydrogen-bond donors (Lipinski definition) is 2. The van der Waals surface area contributed by atoms with Crippen LogP contribution in [-0.2, 0) is 15.0 Å². The van der Waals surface area contributed by atoms with E-state index in [0.717, 1.165) is 6.42 Å². The van der Waals surface area contributed by atoms with Gasteiger partial charge in [-0.3, -0.25) is 4.79 Å². The van der Waals surface area contributed by atoms with E-state index < -0.39 is 28.1 Å². The molecule has 0 radical (unpaired) electrons. The molecule has 0 aromatic heterocycles. The fourth-order valence-electron chi connectivity index (χ4n) is 3.04. The topological polar surface area (TPSA) is 86.7 Å². The van der Waals surface area contributed by atoms with Gasteiger partial charge in [-0.25, -0.2) is 0 Å². The lowest BCUT2D eigenvalue weighted by Gasteiger charge is -2.34. The third-order valence-corrected chi connectivity index (χ3v) is 5.45. The van der Waals surface area contributed by atoms with Gasteiger partial charge in [0.25, 0.3) is 10.2 Å². The third kappa shape index (κ3) is 3.59. The van der Waals surface area contributed by atoms with Crippen LogP contribution in [0.5, 0.6) is 0 Å². The summed E-state index contributed by atoms with van der Waals surface area (Å²) in [6.45, 7) is 5.15. The molecule has 1 aliphatic carbocycles. The number of aliphatic carboxylic acids is 1. The Hall–Kier alpha value is -0.920. The molecule has 4 unspecified atom stereocenters. The van der Waals surface area contributed by atoms with Crippen molar-refractivity contribution in [1.29, 1.82) is 0 Å². The van der Waals surface area contributed by atoms with Gasteiger partial charge in [-0.05, 0) is 24.7 Å². The quantitative estimate of drug-likeness (QED) is 0.753. The van der Waals surface area contributed by atoms with Gasteiger partial charge in [-0.15, -0.1) is 0 Å². The molecule has 4 atom stereocenters. The molecule has 0 saturated carbocycles. The van der Waals surface area contributed by atoms with Crippen LogP contribution in [0.1, 0.15) is 26.7 Å². The Kier molecular flexibility index (Phi) is 4.51. The van der Waals surface area contributed by atoms with Gasteiger partial charge in [0.2, 0.25) is 0 Å². The Labute approximate surface area is 120 Å². The minimum Gasteiger partial charge on any atom is -0.481 e. The summed E-state index contributed by atoms with van der Waals surface area (Å²) in [7, 11) is -3.54. The molecular weight excluding hydrogens is 280 g/mol. The summed E-state index contributed by atoms with van der Waals surface area (Å²) in [4.78, 5) is 10.9. The first-order valence-corrected chi connectivity index (χ1v) is 8.40. The normalized spacial score (nSPS) is 35.3. The summed E-state index contributed by atoms with van der Waals surface area (Å²) in [6.07, 6.45) is 4.51. The zero-order valence-electron chi connectivity index (χ0n) is 11.8. The number of hydrogen-bond acceptors (Lipinski definition) is 3. The van der Waals surface area contributed by atoms with Crippen LogP contribution in [0.3, 0.4) is 0 Å². The van der Waals surface area contributed by atoms with Gasteiger partial charge in [0.05, 0.1) is 5.92 Å². The number of carboxylic acids is 1. The van der Waals surface area contributed by atoms with Gasteiger partial charge < -0.3 is 5.11 Å². The number of rotatable bonds is 4. The average molecular weight is 302 g/mol. The van der Waals surface area contributed by atoms with Crippen LogP contribution in [0.15, 0.2) is 12.2 Å². The lowest BCUT2D eigenvalue weighted by atomic mass is 9.94. The van der Waals surface area contributed by atoms with E-state index in [0.29, 0.717) is 24.9 Å². The van der Waals surface area contributed by atoms with E-state index in [-0.39, 0.29) is 6.42 Å². The molecule has 0 amide bonds. The second-order valence-corrected chi connectivity index (χ2v) is 7.76. The van der Waals surface area contributed by atoms with Crippen molar-refractivity contribution in [2.24, 2.45) is 17.8 Å². The first kappa shape index (κ1) is 15.5. The largest absolute Gasteiger partial charge is 0.481 e. The maximum Gasteiger partial charge on any atom is 0.310 e. The number of nitrogens with zero attached hydrogens (tertiary/aromatic N) is 1. The van der Waals surface area contributed by atoms with Crippen molar-refractivity contribution in [2.45, 2.75) is 32.7 Å². The zero-order valence-corrected chi connectivity index (χ0v) is 12.6. The third-order valence-electron chi connectivity index (χ3n) is 3.88. The molecule has 7 heteroatoms. The Bertz CT molecular complexity index is 493. The second-order valence-electron chi connectivity index (χ2n) is 6.06. The molecule has 0 spiro atoms. The SMILES string of the molecule is CC1CC(C)CN(S(=O)(=O)NC2C=CC(C(=O)O)C2)C1. The molecule has 1 heterocycles. The Morgan fingerprint density at radius 1 is 1.20 bits per heavy atom. The molecule has 0 aromatic carbocycles. The van der Waals surface area contributed by atoms with E-state index in [1.165, 1.54) is 4.31 Å². The van der Waals surface area contributed by atoms with Crippen LogP contribution in [-0.4, -0.2) is 42.9 Å². The predicted octanol–water partition coefficient (Wildman–Crippen LogP) is 0.828. The minimum absolute atomic E-state index is 0.285. The molecule has 114 valence electrons. The molecule has 6 nitrogen and oxygen atoms in total. The van der Waals surface area contributed by atoms with Gasteiger partial charge in [0.15, 0.2) is 0 Å². The predicted molar refractivity (Wildman–Crippen MR) is 75.2 cm³/mol. The Morgan fingerprint density at radius 2 is 1.80 bits per heavy atom. The fourth-order valence-corrected chi connectivity index (χ4v) is 4.65. The second kappa shape index (κ2) is 5.83. The number of nitrogens with one attached hydrogen (secondary N) is 1. The van der Waals surface area contributed by atoms with E-state index in [1.54, 1.807) is 12.2 Å². The average Bonchev–Trinajstić information content (AvgIpc) is 2.75. The van der Waals surface area contributed by atoms with Gasteiger partial charge >= 0.3 is 5.97 Å². The molecule has 1 aliphatic heterocycles. The van der Waals surface area contributed by atoms with E-state index in [4.69, 9.17) is 5.11 Å². The van der Waals surface area contributed by atoms with Crippen molar-refractivity contribution in [3.8, 4) is 0 Å². The number of carboxylic acid groups (broad SMARTS) is 1. The maximum atomic E-state index is 12.3. The highest BCUT2D eigenvalue weighted by molar-refractivity contribution is 7.87. The standard InChI is InChI=1S/C13H22N2O4S/c1-9-5-10(2)8-15(7-9)20(18,19)14-12-4-3-11(6-12)13(16)17/h3-4,9-12,14H,5-8H2,1-2H3,(H,16,17). The molecule has 1 saturated heterocycles. The molecule has 0 bridgehead atoms. The fraction of sp³-hybridized carbons (Fsp3) is 0.769. The lowest BCUT2D eigenvalue weighted by molar-refractivity contribution is -0.140. The van der Waals surface area contributed by atoms with Crippen molar-refractivity contribution in [2.75, 3.05) is 13.1 Å². The molecule has 2 aliphatic rings. The molecular formula is C13H22N2O4S. The van der Waals surface area contributed by atoms with Crippen LogP contribution >= 0.6 is 0 Å². The first-order chi connectivity index (χ1) is 9.28. The maximum absolute atomic E-state index is 12.3. The Balaban J connectivity index is 1.98. The highest BCUT2D eigenvalue weighted by Crippen LogP contribution is 2.24. The summed E-state index contributed by atoms with van der Waals surface area (Å²) >= 11 is 0. The summed E-state index contributed by atoms with van der Waals surface area (Å²) < 4.78 is 28.8. The lowest BCUT2D eigenvalue weighted by Crippen LogP contribution is -2.50. The Morgan fingerprint density at radius 3 is 2.30 bits per heavy atom. The molecule has 20 heavy (non-hydrogen) atoms. The van der Waals surface area contributed by atoms with Gasteiger partial charge in [0.1, 0.15) is 0 Å². The molecule has 2 rings (SSSR count). The summed E-state index contributed by atoms with van der Waals surface area (Å²) in [5.74, 6) is -0.813. The van der Waals surface area contributed by atoms with E-state index >= 15 is 0 Å². The monoisotopic (exact) mass is 302 g/mol. The summed E-state index contributed by atoms with van der Waals surface area (Å²) in [5.41, 5.74) is 0. The molecule has 0 aromatic rings. The van der Waals surface area contributed by atoms with Crippen LogP contribution < -0.4 is 4.72 Å². The van der Waals surface area contributed by atoms with Gasteiger partial charge in [-0.2, -0.15) is 17.4 Å². The van der Waals surface area contributed by atoms with Crippen molar-refractivity contribution in [1.82, 2.24) is 9.03 Å². The van der Waals surface area contributed by atoms with E-state index in [9.17, 15) is 13.2 Å². The van der Waals surface area contributed by atoms with Crippen molar-refractivity contribution < 1.29 is 18.3 Å².